The minimum absolute atomic E-state index is 0.224. The molecular weight excluding hydrogens is 399 g/mol. The zero-order chi connectivity index (χ0) is 22.3. The van der Waals surface area contributed by atoms with Crippen LogP contribution in [-0.2, 0) is 5.41 Å². The highest BCUT2D eigenvalue weighted by atomic mass is 19.1. The van der Waals surface area contributed by atoms with Gasteiger partial charge in [0.15, 0.2) is 0 Å². The molecule has 2 heterocycles. The Balaban J connectivity index is 1.77. The van der Waals surface area contributed by atoms with Gasteiger partial charge in [-0.2, -0.15) is 10.4 Å². The zero-order valence-electron chi connectivity index (χ0n) is 17.8. The van der Waals surface area contributed by atoms with Crippen molar-refractivity contribution in [2.75, 3.05) is 14.2 Å². The number of carbonyl (C=O) groups is 1. The number of pyridine rings is 1. The van der Waals surface area contributed by atoms with Gasteiger partial charge in [0.05, 0.1) is 43.5 Å². The number of alkyl halides is 1. The summed E-state index contributed by atoms with van der Waals surface area (Å²) in [6.07, 6.45) is 2.86. The van der Waals surface area contributed by atoms with Crippen molar-refractivity contribution in [3.05, 3.63) is 47.8 Å². The summed E-state index contributed by atoms with van der Waals surface area (Å²) in [4.78, 5) is 12.7. The summed E-state index contributed by atoms with van der Waals surface area (Å²) in [5.74, 6) is 0.211. The Bertz CT molecular complexity index is 1190. The fraction of sp³-hybridized carbons (Fsp3) is 0.348. The minimum atomic E-state index is -1.00. The van der Waals surface area contributed by atoms with Crippen LogP contribution < -0.4 is 14.8 Å². The quantitative estimate of drug-likeness (QED) is 0.655. The Hall–Kier alpha value is -3.60. The number of benzene rings is 1. The minimum Gasteiger partial charge on any atom is -0.496 e. The molecule has 1 N–H and O–H groups in total. The Kier molecular flexibility index (Phi) is 5.05. The van der Waals surface area contributed by atoms with Gasteiger partial charge >= 0.3 is 0 Å². The summed E-state index contributed by atoms with van der Waals surface area (Å²) in [5, 5.41) is 16.5. The monoisotopic (exact) mass is 422 g/mol. The van der Waals surface area contributed by atoms with Crippen molar-refractivity contribution in [1.82, 2.24) is 14.9 Å². The average molecular weight is 422 g/mol. The van der Waals surface area contributed by atoms with Crippen LogP contribution in [0.5, 0.6) is 11.5 Å². The molecule has 1 aliphatic rings. The lowest BCUT2D eigenvalue weighted by Crippen LogP contribution is -2.28. The molecule has 0 spiro atoms. The number of methoxy groups -OCH3 is 2. The SMILES string of the molecule is COc1cc(-c2cnn3cc(C(C)(C)C#N)ccc23)cc(OC)c1C(=O)N[C@@H]1C[C@@H]1F. The number of rotatable bonds is 6. The summed E-state index contributed by atoms with van der Waals surface area (Å²) in [6, 6.07) is 9.12. The number of hydrogen-bond donors (Lipinski definition) is 1. The molecule has 1 aromatic carbocycles. The Morgan fingerprint density at radius 2 is 1.94 bits per heavy atom. The Labute approximate surface area is 179 Å². The predicted octanol–water partition coefficient (Wildman–Crippen LogP) is 3.66. The molecule has 1 fully saturated rings. The van der Waals surface area contributed by atoms with E-state index in [2.05, 4.69) is 16.5 Å². The fourth-order valence-corrected chi connectivity index (χ4v) is 3.49. The van der Waals surface area contributed by atoms with Gasteiger partial charge in [0.1, 0.15) is 23.2 Å². The highest BCUT2D eigenvalue weighted by Gasteiger charge is 2.39. The lowest BCUT2D eigenvalue weighted by Gasteiger charge is -2.16. The first kappa shape index (κ1) is 20.7. The van der Waals surface area contributed by atoms with Crippen molar-refractivity contribution in [2.24, 2.45) is 0 Å². The molecule has 7 nitrogen and oxygen atoms in total. The van der Waals surface area contributed by atoms with Crippen molar-refractivity contribution in [3.8, 4) is 28.7 Å². The normalized spacial score (nSPS) is 17.8. The standard InChI is InChI=1S/C23H23FN4O3/c1-23(2,12-25)14-5-6-18-15(10-26-28(18)11-14)13-7-19(30-3)21(20(8-13)31-4)22(29)27-17-9-16(17)24/h5-8,10-11,16-17H,9H2,1-4H3,(H,27,29)/t16-,17+/m0/s1. The van der Waals surface area contributed by atoms with Gasteiger partial charge in [-0.25, -0.2) is 8.91 Å². The average Bonchev–Trinajstić information content (AvgIpc) is 3.29. The first-order valence-electron chi connectivity index (χ1n) is 9.89. The van der Waals surface area contributed by atoms with Crippen LogP contribution in [0.3, 0.4) is 0 Å². The van der Waals surface area contributed by atoms with E-state index in [-0.39, 0.29) is 5.56 Å². The van der Waals surface area contributed by atoms with Crippen molar-refractivity contribution in [2.45, 2.75) is 37.9 Å². The van der Waals surface area contributed by atoms with Gasteiger partial charge < -0.3 is 14.8 Å². The first-order valence-corrected chi connectivity index (χ1v) is 9.89. The van der Waals surface area contributed by atoms with Crippen LogP contribution in [0, 0.1) is 11.3 Å². The molecule has 0 unspecified atom stereocenters. The zero-order valence-corrected chi connectivity index (χ0v) is 17.8. The Morgan fingerprint density at radius 3 is 2.48 bits per heavy atom. The van der Waals surface area contributed by atoms with Crippen LogP contribution in [0.4, 0.5) is 4.39 Å². The third-order valence-corrected chi connectivity index (χ3v) is 5.59. The predicted molar refractivity (Wildman–Crippen MR) is 113 cm³/mol. The molecule has 8 heteroatoms. The van der Waals surface area contributed by atoms with Crippen molar-refractivity contribution in [1.29, 1.82) is 5.26 Å². The van der Waals surface area contributed by atoms with Crippen molar-refractivity contribution < 1.29 is 18.7 Å². The molecule has 3 aromatic rings. The number of carbonyl (C=O) groups excluding carboxylic acids is 1. The van der Waals surface area contributed by atoms with Gasteiger partial charge in [-0.05, 0) is 43.2 Å². The van der Waals surface area contributed by atoms with Crippen molar-refractivity contribution >= 4 is 11.4 Å². The van der Waals surface area contributed by atoms with Crippen LogP contribution >= 0.6 is 0 Å². The number of aromatic nitrogens is 2. The smallest absolute Gasteiger partial charge is 0.259 e. The number of nitrogens with one attached hydrogen (secondary N) is 1. The van der Waals surface area contributed by atoms with Gasteiger partial charge in [-0.15, -0.1) is 0 Å². The van der Waals surface area contributed by atoms with Crippen LogP contribution in [0.15, 0.2) is 36.7 Å². The van der Waals surface area contributed by atoms with Gasteiger partial charge in [0, 0.05) is 18.2 Å². The van der Waals surface area contributed by atoms with E-state index in [0.29, 0.717) is 17.9 Å². The highest BCUT2D eigenvalue weighted by molar-refractivity contribution is 6.01. The largest absolute Gasteiger partial charge is 0.496 e. The third-order valence-electron chi connectivity index (χ3n) is 5.59. The van der Waals surface area contributed by atoms with Gasteiger partial charge in [0.2, 0.25) is 0 Å². The summed E-state index contributed by atoms with van der Waals surface area (Å²) >= 11 is 0. The summed E-state index contributed by atoms with van der Waals surface area (Å²) < 4.78 is 25.9. The molecule has 2 atom stereocenters. The van der Waals surface area contributed by atoms with E-state index in [1.165, 1.54) is 14.2 Å². The Morgan fingerprint density at radius 1 is 1.29 bits per heavy atom. The van der Waals surface area contributed by atoms with E-state index >= 15 is 0 Å². The maximum Gasteiger partial charge on any atom is 0.259 e. The molecule has 1 aliphatic carbocycles. The number of fused-ring (bicyclic) bond motifs is 1. The lowest BCUT2D eigenvalue weighted by molar-refractivity contribution is 0.0941. The number of nitrogens with zero attached hydrogens (tertiary/aromatic N) is 3. The summed E-state index contributed by atoms with van der Waals surface area (Å²) in [5.41, 5.74) is 2.84. The molecule has 31 heavy (non-hydrogen) atoms. The third kappa shape index (κ3) is 3.67. The van der Waals surface area contributed by atoms with Gasteiger partial charge in [-0.1, -0.05) is 6.07 Å². The molecule has 1 saturated carbocycles. The molecule has 0 bridgehead atoms. The summed E-state index contributed by atoms with van der Waals surface area (Å²) in [6.45, 7) is 3.70. The van der Waals surface area contributed by atoms with Crippen molar-refractivity contribution in [3.63, 3.8) is 0 Å². The number of nitriles is 1. The van der Waals surface area contributed by atoms with Crippen LogP contribution in [0.2, 0.25) is 0 Å². The van der Waals surface area contributed by atoms with E-state index in [1.807, 2.05) is 32.2 Å². The van der Waals surface area contributed by atoms with Gasteiger partial charge in [-0.3, -0.25) is 4.79 Å². The van der Waals surface area contributed by atoms with Crippen LogP contribution in [-0.4, -0.2) is 42.0 Å². The first-order chi connectivity index (χ1) is 14.8. The lowest BCUT2D eigenvalue weighted by atomic mass is 9.87. The second kappa shape index (κ2) is 7.58. The maximum atomic E-state index is 13.2. The van der Waals surface area contributed by atoms with Crippen LogP contribution in [0.25, 0.3) is 16.6 Å². The maximum absolute atomic E-state index is 13.2. The van der Waals surface area contributed by atoms with E-state index < -0.39 is 23.5 Å². The molecule has 0 aliphatic heterocycles. The molecular formula is C23H23FN4O3. The molecule has 0 radical (unpaired) electrons. The molecule has 0 saturated heterocycles. The van der Waals surface area contributed by atoms with E-state index in [9.17, 15) is 14.4 Å². The molecule has 1 amide bonds. The summed E-state index contributed by atoms with van der Waals surface area (Å²) in [7, 11) is 2.94. The number of ether oxygens (including phenoxy) is 2. The van der Waals surface area contributed by atoms with E-state index in [4.69, 9.17) is 9.47 Å². The number of halogens is 1. The topological polar surface area (TPSA) is 88.7 Å². The second-order valence-electron chi connectivity index (χ2n) is 8.13. The van der Waals surface area contributed by atoms with Gasteiger partial charge in [0.25, 0.3) is 5.91 Å². The molecule has 4 rings (SSSR count). The van der Waals surface area contributed by atoms with Crippen LogP contribution in [0.1, 0.15) is 36.2 Å². The second-order valence-corrected chi connectivity index (χ2v) is 8.13. The number of amides is 1. The molecule has 160 valence electrons. The highest BCUT2D eigenvalue weighted by Crippen LogP contribution is 2.37. The number of hydrogen-bond acceptors (Lipinski definition) is 5. The van der Waals surface area contributed by atoms with E-state index in [0.717, 1.165) is 22.2 Å². The fourth-order valence-electron chi connectivity index (χ4n) is 3.49. The van der Waals surface area contributed by atoms with E-state index in [1.54, 1.807) is 22.8 Å². The molecule has 2 aromatic heterocycles.